The van der Waals surface area contributed by atoms with Crippen molar-refractivity contribution in [1.82, 2.24) is 0 Å². The molecule has 0 radical (unpaired) electrons. The first-order valence-corrected chi connectivity index (χ1v) is 57.8. The Hall–Kier alpha value is -5.30. The number of benzene rings is 6. The molecule has 10 nitrogen and oxygen atoms in total. The maximum atomic E-state index is 14.0. The van der Waals surface area contributed by atoms with Crippen molar-refractivity contribution in [3.8, 4) is 0 Å². The van der Waals surface area contributed by atoms with Crippen LogP contribution >= 0.6 is 36.9 Å². The number of Topliss-reactive ketones (excluding diaryl/α,β-unsaturated/α-hetero) is 1. The molecule has 8 saturated carbocycles. The topological polar surface area (TPSA) is 130 Å². The van der Waals surface area contributed by atoms with Crippen LogP contribution in [0.3, 0.4) is 0 Å². The van der Waals surface area contributed by atoms with Crippen LogP contribution in [0.2, 0.25) is 0 Å². The summed E-state index contributed by atoms with van der Waals surface area (Å²) in [6.45, 7) is 61.0. The van der Waals surface area contributed by atoms with Gasteiger partial charge in [0.1, 0.15) is 5.78 Å². The summed E-state index contributed by atoms with van der Waals surface area (Å²) in [4.78, 5) is 12.3. The number of hydrogen-bond acceptors (Lipinski definition) is 10. The van der Waals surface area contributed by atoms with Crippen LogP contribution in [0.25, 0.3) is 0 Å². The van der Waals surface area contributed by atoms with Crippen LogP contribution in [-0.2, 0) is 37.4 Å². The zero-order valence-electron chi connectivity index (χ0n) is 90.6. The second-order valence-electron chi connectivity index (χ2n) is 46.0. The van der Waals surface area contributed by atoms with Crippen molar-refractivity contribution < 1.29 is 85.3 Å². The van der Waals surface area contributed by atoms with Crippen LogP contribution in [0, 0.1) is 106 Å². The van der Waals surface area contributed by atoms with E-state index >= 15 is 0 Å². The van der Waals surface area contributed by atoms with Gasteiger partial charge in [-0.3, -0.25) is 4.79 Å². The molecule has 142 heavy (non-hydrogen) atoms. The fraction of sp³-hybridized carbons (Fsp3) is 0.548. The standard InChI is InChI=1S/C30H48O2.C23H26OP.C23H27OP.C23H26OP.C19H32O3.2C4H8O.2Li.H2S/c1-20-15-21(2)22(3)25(16-20)11-10-24-9-8-14-29(6)26(24)12-13-27(29)30(7)18-23(19-32-30)17-28(4,5)31;1-18-16-19(2)20(3)21(17-18)14-15-25(24,22-10-6-4-7-11-22)23-12-8-5-9-13-23;2*1-18-16-19(2)20(3)21(17-18)14-15-24-25(22-10-6-4-7-11-22)23-12-8-5-9-13-23;1-17(2,21)10-13-11-19(4,22-12-13)16-8-7-14-15(20)6-5-9-18(14,16)3;2*1-2-4-5-3-1;;;/h10-11,20-21,23,26-27,31H,3,8-9,12-19H2,1-2,4-7H3;4-15,18-19H,3,16-17H2,1-2H3;4-14,18-19H,3,15-17H2,1-2H3;4-15,18-19H,3,16-17H2,1-2H3;13-14,16,21H,5-12H2,1-4H3;2*1-4H2;;;1H2/q;-1;;-1;;;;2*+1;/b24-10+,25-11-;3*21-14-;;;;;;/t20-,21-,23-,26-,27-,29-,30-;3*18-,19-;13-,14-,16-,18-,19-;;;;;/m00000...../s1. The largest absolute Gasteiger partial charge is 1.00 e. The van der Waals surface area contributed by atoms with Gasteiger partial charge in [0, 0.05) is 70.6 Å². The van der Waals surface area contributed by atoms with Crippen molar-refractivity contribution >= 4 is 74.5 Å². The van der Waals surface area contributed by atoms with Crippen molar-refractivity contribution in [1.29, 1.82) is 0 Å². The Morgan fingerprint density at radius 1 is 0.451 bits per heavy atom. The first kappa shape index (κ1) is 120. The Morgan fingerprint density at radius 2 is 0.796 bits per heavy atom. The van der Waals surface area contributed by atoms with Gasteiger partial charge in [-0.2, -0.15) is 36.9 Å². The molecule has 2 N–H and O–H groups in total. The van der Waals surface area contributed by atoms with Gasteiger partial charge < -0.3 is 42.8 Å². The van der Waals surface area contributed by atoms with Crippen LogP contribution < -0.4 is 69.5 Å². The Balaban J connectivity index is 0.000000193. The van der Waals surface area contributed by atoms with Crippen molar-refractivity contribution in [2.45, 2.75) is 300 Å². The van der Waals surface area contributed by atoms with Crippen LogP contribution in [0.15, 0.2) is 289 Å². The Kier molecular flexibility index (Phi) is 47.9. The fourth-order valence-electron chi connectivity index (χ4n) is 25.9. The van der Waals surface area contributed by atoms with Gasteiger partial charge in [0.2, 0.25) is 0 Å². The van der Waals surface area contributed by atoms with E-state index in [1.807, 2.05) is 113 Å². The number of rotatable bonds is 21. The molecule has 12 aliphatic rings. The molecular weight excluding hydrogens is 1810 g/mol. The molecule has 0 spiro atoms. The second kappa shape index (κ2) is 56.5. The van der Waals surface area contributed by atoms with E-state index in [0.29, 0.717) is 82.9 Å². The third kappa shape index (κ3) is 33.6. The summed E-state index contributed by atoms with van der Waals surface area (Å²) in [7, 11) is -4.43. The van der Waals surface area contributed by atoms with Crippen molar-refractivity contribution in [3.05, 3.63) is 302 Å². The van der Waals surface area contributed by atoms with Gasteiger partial charge in [-0.05, 0) is 287 Å². The monoisotopic (exact) mass is 1990 g/mol. The zero-order chi connectivity index (χ0) is 99.7. The number of aliphatic hydroxyl groups is 2. The summed E-state index contributed by atoms with van der Waals surface area (Å²) < 4.78 is 49.4. The summed E-state index contributed by atoms with van der Waals surface area (Å²) in [6, 6.07) is 61.6. The van der Waals surface area contributed by atoms with Gasteiger partial charge in [0.15, 0.2) is 0 Å². The predicted molar refractivity (Wildman–Crippen MR) is 599 cm³/mol. The molecule has 18 atom stereocenters. The third-order valence-corrected chi connectivity index (χ3v) is 39.2. The minimum Gasteiger partial charge on any atom is -0.414 e. The minimum atomic E-state index is -2.80. The van der Waals surface area contributed by atoms with Crippen LogP contribution in [0.4, 0.5) is 0 Å². The number of ether oxygens (including phenoxy) is 4. The van der Waals surface area contributed by atoms with Crippen LogP contribution in [-0.4, -0.2) is 84.6 Å². The first-order chi connectivity index (χ1) is 66.4. The molecule has 4 heterocycles. The van der Waals surface area contributed by atoms with E-state index in [2.05, 4.69) is 249 Å². The SMILES string of the molecule is C1CCOC1.C1CCOC1.C=C1/C(=C\C=C2/CCC[C@@]3(C)[C@H]2CC[C@@H]3[C@]2(C)C[C@H](CC(C)(C)O)CO2)C[C@@H](C)C[C@@H]1C.C=C1/C(=C\COP(c2ccccc2)c2ccccc2)C[C@@H](C)C[C@@H]1C.C=C1/C(=C\[CH-]OP(c2ccccc2)c2ccccc2)C[C@@H](C)C[C@@H]1C.C=C1/C(=C\[CH-]P(=O)(c2ccccc2)c2ccccc2)C[C@@H](C)C[C@@H]1C.CC(C)(O)C[C@@H]1CO[C@](C)([C@H]2CC[C@H]3C(=O)CCC[C@@]32C)C1.S.[Li+].[Li+]. The molecule has 0 aromatic heterocycles. The molecule has 0 amide bonds. The molecule has 8 aliphatic carbocycles. The van der Waals surface area contributed by atoms with Gasteiger partial charge in [-0.15, -0.1) is 30.9 Å². The molecule has 0 bridgehead atoms. The zero-order valence-corrected chi connectivity index (χ0v) is 94.3. The molecule has 764 valence electrons. The Morgan fingerprint density at radius 3 is 1.19 bits per heavy atom. The average molecular weight is 1990 g/mol. The second-order valence-corrected chi connectivity index (χ2v) is 52.3. The summed E-state index contributed by atoms with van der Waals surface area (Å²) >= 11 is 0. The molecule has 18 rings (SSSR count). The van der Waals surface area contributed by atoms with Gasteiger partial charge in [0.05, 0.1) is 65.7 Å². The first-order valence-electron chi connectivity index (χ1n) is 53.5. The molecule has 6 aromatic rings. The molecular formula is C126H177Li2O10P3S. The fourth-order valence-corrected chi connectivity index (χ4v) is 31.5. The van der Waals surface area contributed by atoms with E-state index in [4.69, 9.17) is 28.0 Å². The van der Waals surface area contributed by atoms with Crippen LogP contribution in [0.1, 0.15) is 278 Å². The summed E-state index contributed by atoms with van der Waals surface area (Å²) in [6.07, 6.45) is 43.2. The van der Waals surface area contributed by atoms with Gasteiger partial charge >= 0.3 is 37.7 Å². The summed E-state index contributed by atoms with van der Waals surface area (Å²) in [5.74, 6) is 8.59. The maximum absolute atomic E-state index is 14.0. The maximum Gasteiger partial charge on any atom is 1.00 e. The van der Waals surface area contributed by atoms with E-state index in [9.17, 15) is 19.6 Å². The van der Waals surface area contributed by atoms with Crippen molar-refractivity contribution in [2.75, 3.05) is 46.2 Å². The van der Waals surface area contributed by atoms with E-state index in [1.165, 1.54) is 162 Å². The normalized spacial score (nSPS) is 31.0. The third-order valence-electron chi connectivity index (χ3n) is 32.7. The molecule has 0 unspecified atom stereocenters. The van der Waals surface area contributed by atoms with Crippen molar-refractivity contribution in [2.24, 2.45) is 93.7 Å². The summed E-state index contributed by atoms with van der Waals surface area (Å²) in [5, 5.41) is 27.1. The number of carbonyl (C=O) groups is 1. The summed E-state index contributed by atoms with van der Waals surface area (Å²) in [5.41, 5.74) is 11.4. The van der Waals surface area contributed by atoms with E-state index in [1.54, 1.807) is 5.57 Å². The molecule has 4 saturated heterocycles. The quantitative estimate of drug-likeness (QED) is 0.0408. The van der Waals surface area contributed by atoms with E-state index < -0.39 is 34.6 Å². The predicted octanol–water partition coefficient (Wildman–Crippen LogP) is 24.1. The number of allylic oxidation sites excluding steroid dienone is 12. The number of fused-ring (bicyclic) bond motifs is 2. The number of ketones is 1. The van der Waals surface area contributed by atoms with E-state index in [-0.39, 0.29) is 73.8 Å². The van der Waals surface area contributed by atoms with Crippen molar-refractivity contribution in [3.63, 3.8) is 0 Å². The van der Waals surface area contributed by atoms with E-state index in [0.717, 1.165) is 133 Å². The van der Waals surface area contributed by atoms with Gasteiger partial charge in [-0.1, -0.05) is 313 Å². The van der Waals surface area contributed by atoms with Gasteiger partial charge in [0.25, 0.3) is 0 Å². The Labute approximate surface area is 894 Å². The van der Waals surface area contributed by atoms with Gasteiger partial charge in [-0.25, -0.2) is 6.08 Å². The molecule has 16 heteroatoms. The average Bonchev–Trinajstić information content (AvgIpc) is 1.58. The number of hydrogen-bond donors (Lipinski definition) is 2. The molecule has 6 aromatic carbocycles. The van der Waals surface area contributed by atoms with Crippen LogP contribution in [0.5, 0.6) is 0 Å². The Bertz CT molecular complexity index is 4840. The molecule has 4 aliphatic heterocycles. The number of carbonyl (C=O) groups excluding carboxylic acids is 1. The minimum absolute atomic E-state index is 0. The molecule has 12 fully saturated rings. The smallest absolute Gasteiger partial charge is 0.414 e.